The average Bonchev–Trinajstić information content (AvgIpc) is 3.03. The summed E-state index contributed by atoms with van der Waals surface area (Å²) in [6.45, 7) is 3.74. The number of unbranched alkanes of at least 4 members (excludes halogenated alkanes) is 1. The fourth-order valence-electron chi connectivity index (χ4n) is 2.90. The highest BCUT2D eigenvalue weighted by Gasteiger charge is 2.19. The Morgan fingerprint density at radius 3 is 2.52 bits per heavy atom. The molecule has 27 heavy (non-hydrogen) atoms. The minimum absolute atomic E-state index is 0.366. The van der Waals surface area contributed by atoms with Crippen molar-refractivity contribution in [2.24, 2.45) is 4.99 Å². The highest BCUT2D eigenvalue weighted by atomic mass is 32.1. The topological polar surface area (TPSA) is 71.7 Å². The molecule has 140 valence electrons. The molecule has 0 saturated carbocycles. The van der Waals surface area contributed by atoms with Gasteiger partial charge < -0.3 is 9.67 Å². The van der Waals surface area contributed by atoms with E-state index in [1.54, 1.807) is 23.6 Å². The zero-order valence-corrected chi connectivity index (χ0v) is 16.2. The van der Waals surface area contributed by atoms with Crippen LogP contribution in [0.3, 0.4) is 0 Å². The molecule has 1 aromatic heterocycles. The van der Waals surface area contributed by atoms with Crippen molar-refractivity contribution in [1.29, 1.82) is 0 Å². The van der Waals surface area contributed by atoms with Gasteiger partial charge in [-0.25, -0.2) is 4.79 Å². The minimum atomic E-state index is -0.965. The molecule has 3 aromatic rings. The van der Waals surface area contributed by atoms with E-state index in [2.05, 4.69) is 11.9 Å². The third-order valence-electron chi connectivity index (χ3n) is 4.49. The number of amides is 1. The van der Waals surface area contributed by atoms with E-state index in [0.717, 1.165) is 29.5 Å². The molecule has 0 saturated heterocycles. The van der Waals surface area contributed by atoms with Gasteiger partial charge in [0, 0.05) is 5.56 Å². The summed E-state index contributed by atoms with van der Waals surface area (Å²) in [6.07, 6.45) is 3.24. The fourth-order valence-corrected chi connectivity index (χ4v) is 4.00. The van der Waals surface area contributed by atoms with Crippen LogP contribution in [0.5, 0.6) is 0 Å². The van der Waals surface area contributed by atoms with Gasteiger partial charge in [-0.3, -0.25) is 4.79 Å². The van der Waals surface area contributed by atoms with Gasteiger partial charge in [0.1, 0.15) is 6.04 Å². The number of hydrogen-bond donors (Lipinski definition) is 1. The second kappa shape index (κ2) is 8.31. The van der Waals surface area contributed by atoms with Crippen LogP contribution >= 0.6 is 11.3 Å². The second-order valence-electron chi connectivity index (χ2n) is 6.45. The van der Waals surface area contributed by atoms with Gasteiger partial charge in [0.2, 0.25) is 0 Å². The Labute approximate surface area is 161 Å². The van der Waals surface area contributed by atoms with Gasteiger partial charge in [0.15, 0.2) is 4.80 Å². The molecule has 0 spiro atoms. The molecule has 0 aliphatic rings. The molecule has 0 aliphatic heterocycles. The molecular formula is C21H22N2O3S. The number of hydrogen-bond acceptors (Lipinski definition) is 3. The fraction of sp³-hybridized carbons (Fsp3) is 0.286. The number of para-hydroxylation sites is 1. The molecule has 5 nitrogen and oxygen atoms in total. The summed E-state index contributed by atoms with van der Waals surface area (Å²) in [4.78, 5) is 28.8. The van der Waals surface area contributed by atoms with E-state index in [0.29, 0.717) is 10.4 Å². The Morgan fingerprint density at radius 2 is 1.85 bits per heavy atom. The van der Waals surface area contributed by atoms with E-state index in [1.165, 1.54) is 16.9 Å². The van der Waals surface area contributed by atoms with Crippen LogP contribution in [-0.4, -0.2) is 21.6 Å². The highest BCUT2D eigenvalue weighted by Crippen LogP contribution is 2.21. The molecule has 0 bridgehead atoms. The van der Waals surface area contributed by atoms with Crippen molar-refractivity contribution >= 4 is 33.4 Å². The van der Waals surface area contributed by atoms with Crippen molar-refractivity contribution < 1.29 is 14.7 Å². The number of aromatic nitrogens is 1. The van der Waals surface area contributed by atoms with Crippen LogP contribution in [-0.2, 0) is 11.2 Å². The first-order valence-electron chi connectivity index (χ1n) is 9.02. The van der Waals surface area contributed by atoms with E-state index in [-0.39, 0.29) is 5.91 Å². The van der Waals surface area contributed by atoms with Gasteiger partial charge in [-0.1, -0.05) is 48.9 Å². The molecule has 1 amide bonds. The van der Waals surface area contributed by atoms with Crippen molar-refractivity contribution in [2.75, 3.05) is 0 Å². The number of carbonyl (C=O) groups is 2. The molecule has 0 radical (unpaired) electrons. The maximum Gasteiger partial charge on any atom is 0.326 e. The van der Waals surface area contributed by atoms with Crippen molar-refractivity contribution in [3.05, 3.63) is 64.5 Å². The highest BCUT2D eigenvalue weighted by molar-refractivity contribution is 7.16. The molecule has 0 aliphatic carbocycles. The van der Waals surface area contributed by atoms with Crippen LogP contribution in [0.15, 0.2) is 53.5 Å². The van der Waals surface area contributed by atoms with Crippen molar-refractivity contribution in [1.82, 2.24) is 4.57 Å². The van der Waals surface area contributed by atoms with Gasteiger partial charge >= 0.3 is 5.97 Å². The number of aliphatic carboxylic acids is 1. The first kappa shape index (κ1) is 19.0. The Hall–Kier alpha value is -2.73. The lowest BCUT2D eigenvalue weighted by Gasteiger charge is -2.09. The van der Waals surface area contributed by atoms with Crippen LogP contribution < -0.4 is 4.80 Å². The third kappa shape index (κ3) is 4.17. The maximum atomic E-state index is 12.6. The number of thiazole rings is 1. The lowest BCUT2D eigenvalue weighted by molar-refractivity contribution is -0.140. The summed E-state index contributed by atoms with van der Waals surface area (Å²) in [5.41, 5.74) is 2.46. The Morgan fingerprint density at radius 1 is 1.15 bits per heavy atom. The summed E-state index contributed by atoms with van der Waals surface area (Å²) in [5, 5.41) is 9.45. The lowest BCUT2D eigenvalue weighted by Crippen LogP contribution is -2.25. The van der Waals surface area contributed by atoms with Crippen LogP contribution in [0.1, 0.15) is 48.7 Å². The molecular weight excluding hydrogens is 360 g/mol. The van der Waals surface area contributed by atoms with Crippen LogP contribution in [0.2, 0.25) is 0 Å². The number of rotatable bonds is 6. The van der Waals surface area contributed by atoms with Gasteiger partial charge in [0.05, 0.1) is 10.2 Å². The van der Waals surface area contributed by atoms with Crippen molar-refractivity contribution in [2.45, 2.75) is 39.2 Å². The molecule has 1 unspecified atom stereocenters. The molecule has 1 heterocycles. The monoisotopic (exact) mass is 382 g/mol. The van der Waals surface area contributed by atoms with Gasteiger partial charge in [-0.15, -0.1) is 0 Å². The lowest BCUT2D eigenvalue weighted by atomic mass is 10.1. The number of nitrogens with zero attached hydrogens (tertiary/aromatic N) is 2. The second-order valence-corrected chi connectivity index (χ2v) is 7.46. The Balaban J connectivity index is 2.01. The number of aryl methyl sites for hydroxylation is 1. The van der Waals surface area contributed by atoms with E-state index >= 15 is 0 Å². The number of carbonyl (C=O) groups excluding carboxylic acids is 1. The SMILES string of the molecule is CCCCc1ccc(C(=O)/N=c2\sc3ccccc3n2C(C)C(=O)O)cc1. The zero-order valence-electron chi connectivity index (χ0n) is 15.4. The van der Waals surface area contributed by atoms with Crippen LogP contribution in [0.4, 0.5) is 0 Å². The Kier molecular flexibility index (Phi) is 5.86. The number of benzene rings is 2. The normalized spacial score (nSPS) is 13.0. The standard InChI is InChI=1S/C21H22N2O3S/c1-3-4-7-15-10-12-16(13-11-15)19(24)22-21-23(14(2)20(25)26)17-8-5-6-9-18(17)27-21/h5-6,8-14H,3-4,7H2,1-2H3,(H,25,26)/b22-21-. The molecule has 0 fully saturated rings. The summed E-state index contributed by atoms with van der Waals surface area (Å²) >= 11 is 1.32. The quantitative estimate of drug-likeness (QED) is 0.685. The van der Waals surface area contributed by atoms with Gasteiger partial charge in [0.25, 0.3) is 5.91 Å². The number of fused-ring (bicyclic) bond motifs is 1. The van der Waals surface area contributed by atoms with Gasteiger partial charge in [-0.2, -0.15) is 4.99 Å². The van der Waals surface area contributed by atoms with Crippen LogP contribution in [0, 0.1) is 0 Å². The summed E-state index contributed by atoms with van der Waals surface area (Å²) in [5.74, 6) is -1.33. The van der Waals surface area contributed by atoms with E-state index in [4.69, 9.17) is 0 Å². The minimum Gasteiger partial charge on any atom is -0.480 e. The number of carboxylic acid groups (broad SMARTS) is 1. The smallest absolute Gasteiger partial charge is 0.326 e. The predicted molar refractivity (Wildman–Crippen MR) is 107 cm³/mol. The molecule has 1 N–H and O–H groups in total. The van der Waals surface area contributed by atoms with Crippen molar-refractivity contribution in [3.63, 3.8) is 0 Å². The Bertz CT molecular complexity index is 1030. The first-order valence-corrected chi connectivity index (χ1v) is 9.83. The van der Waals surface area contributed by atoms with Crippen molar-refractivity contribution in [3.8, 4) is 0 Å². The summed E-state index contributed by atoms with van der Waals surface area (Å²) in [6, 6.07) is 14.1. The average molecular weight is 382 g/mol. The predicted octanol–water partition coefficient (Wildman–Crippen LogP) is 4.43. The van der Waals surface area contributed by atoms with E-state index < -0.39 is 12.0 Å². The molecule has 6 heteroatoms. The molecule has 3 rings (SSSR count). The summed E-state index contributed by atoms with van der Waals surface area (Å²) < 4.78 is 2.50. The molecule has 1 atom stereocenters. The van der Waals surface area contributed by atoms with Gasteiger partial charge in [-0.05, 0) is 49.6 Å². The van der Waals surface area contributed by atoms with Crippen LogP contribution in [0.25, 0.3) is 10.2 Å². The largest absolute Gasteiger partial charge is 0.480 e. The number of carboxylic acids is 1. The summed E-state index contributed by atoms with van der Waals surface area (Å²) in [7, 11) is 0. The molecule has 2 aromatic carbocycles. The zero-order chi connectivity index (χ0) is 19.4. The first-order chi connectivity index (χ1) is 13.0. The van der Waals surface area contributed by atoms with E-state index in [1.807, 2.05) is 36.4 Å². The maximum absolute atomic E-state index is 12.6. The third-order valence-corrected chi connectivity index (χ3v) is 5.53. The van der Waals surface area contributed by atoms with E-state index in [9.17, 15) is 14.7 Å².